The highest BCUT2D eigenvalue weighted by Gasteiger charge is 2.37. The summed E-state index contributed by atoms with van der Waals surface area (Å²) < 4.78 is 0. The molecule has 0 saturated heterocycles. The second-order valence-corrected chi connectivity index (χ2v) is 4.88. The van der Waals surface area contributed by atoms with Crippen LogP contribution in [0.15, 0.2) is 29.2 Å². The van der Waals surface area contributed by atoms with Crippen LogP contribution in [0.25, 0.3) is 0 Å². The molecule has 13 heavy (non-hydrogen) atoms. The van der Waals surface area contributed by atoms with E-state index in [0.29, 0.717) is 17.8 Å². The van der Waals surface area contributed by atoms with Gasteiger partial charge in [0.1, 0.15) is 0 Å². The molecule has 1 aliphatic rings. The van der Waals surface area contributed by atoms with Gasteiger partial charge in [0.15, 0.2) is 0 Å². The van der Waals surface area contributed by atoms with Crippen molar-refractivity contribution >= 4 is 11.8 Å². The van der Waals surface area contributed by atoms with Crippen molar-refractivity contribution in [2.24, 2.45) is 5.92 Å². The van der Waals surface area contributed by atoms with Crippen LogP contribution in [-0.4, -0.2) is 17.0 Å². The minimum Gasteiger partial charge on any atom is -0.396 e. The molecule has 2 rings (SSSR count). The third kappa shape index (κ3) is 2.06. The van der Waals surface area contributed by atoms with Gasteiger partial charge in [-0.25, -0.2) is 0 Å². The fourth-order valence-electron chi connectivity index (χ4n) is 1.41. The third-order valence-corrected chi connectivity index (χ3v) is 4.06. The van der Waals surface area contributed by atoms with Crippen molar-refractivity contribution in [1.29, 1.82) is 0 Å². The summed E-state index contributed by atoms with van der Waals surface area (Å²) in [5.41, 5.74) is 1.34. The molecule has 1 N–H and O–H groups in total. The Kier molecular flexibility index (Phi) is 2.61. The molecule has 0 aromatic heterocycles. The van der Waals surface area contributed by atoms with Crippen LogP contribution in [0.1, 0.15) is 12.0 Å². The quantitative estimate of drug-likeness (QED) is 0.797. The number of hydrogen-bond acceptors (Lipinski definition) is 2. The molecular formula is C11H14OS. The lowest BCUT2D eigenvalue weighted by molar-refractivity contribution is 0.277. The van der Waals surface area contributed by atoms with Crippen molar-refractivity contribution in [2.45, 2.75) is 23.5 Å². The monoisotopic (exact) mass is 194 g/mol. The van der Waals surface area contributed by atoms with Crippen molar-refractivity contribution < 1.29 is 5.11 Å². The minimum absolute atomic E-state index is 0.351. The van der Waals surface area contributed by atoms with Gasteiger partial charge in [0.05, 0.1) is 0 Å². The maximum Gasteiger partial charge on any atom is 0.0470 e. The Morgan fingerprint density at radius 1 is 1.46 bits per heavy atom. The molecule has 0 heterocycles. The maximum atomic E-state index is 8.91. The second-order valence-electron chi connectivity index (χ2n) is 3.60. The molecule has 0 aliphatic heterocycles. The number of aryl methyl sites for hydroxylation is 1. The Morgan fingerprint density at radius 3 is 2.85 bits per heavy atom. The van der Waals surface area contributed by atoms with Gasteiger partial charge >= 0.3 is 0 Å². The van der Waals surface area contributed by atoms with Gasteiger partial charge in [0.2, 0.25) is 0 Å². The molecule has 2 atom stereocenters. The zero-order chi connectivity index (χ0) is 9.26. The van der Waals surface area contributed by atoms with Gasteiger partial charge in [-0.3, -0.25) is 0 Å². The van der Waals surface area contributed by atoms with Crippen LogP contribution in [0.4, 0.5) is 0 Å². The summed E-state index contributed by atoms with van der Waals surface area (Å²) in [5.74, 6) is 0.546. The lowest BCUT2D eigenvalue weighted by Crippen LogP contribution is -1.89. The number of thioether (sulfide) groups is 1. The average molecular weight is 194 g/mol. The number of rotatable bonds is 3. The zero-order valence-electron chi connectivity index (χ0n) is 7.73. The smallest absolute Gasteiger partial charge is 0.0470 e. The van der Waals surface area contributed by atoms with Gasteiger partial charge in [0.25, 0.3) is 0 Å². The summed E-state index contributed by atoms with van der Waals surface area (Å²) in [6, 6.07) is 8.44. The maximum absolute atomic E-state index is 8.91. The summed E-state index contributed by atoms with van der Waals surface area (Å²) in [7, 11) is 0. The highest BCUT2D eigenvalue weighted by atomic mass is 32.2. The first-order valence-electron chi connectivity index (χ1n) is 4.64. The third-order valence-electron chi connectivity index (χ3n) is 2.46. The van der Waals surface area contributed by atoms with E-state index in [1.165, 1.54) is 16.9 Å². The number of benzene rings is 1. The summed E-state index contributed by atoms with van der Waals surface area (Å²) in [6.45, 7) is 2.49. The molecule has 1 nitrogen and oxygen atoms in total. The van der Waals surface area contributed by atoms with Crippen LogP contribution in [0.2, 0.25) is 0 Å². The molecule has 1 aliphatic carbocycles. The first kappa shape index (κ1) is 9.10. The van der Waals surface area contributed by atoms with Crippen molar-refractivity contribution in [2.75, 3.05) is 6.61 Å². The molecule has 1 aromatic rings. The highest BCUT2D eigenvalue weighted by molar-refractivity contribution is 8.00. The van der Waals surface area contributed by atoms with Crippen LogP contribution in [0.3, 0.4) is 0 Å². The average Bonchev–Trinajstić information content (AvgIpc) is 2.88. The number of aliphatic hydroxyl groups is 1. The number of aliphatic hydroxyl groups excluding tert-OH is 1. The molecule has 0 spiro atoms. The van der Waals surface area contributed by atoms with Crippen LogP contribution in [0, 0.1) is 12.8 Å². The topological polar surface area (TPSA) is 20.2 Å². The lowest BCUT2D eigenvalue weighted by atomic mass is 10.2. The van der Waals surface area contributed by atoms with Gasteiger partial charge in [-0.2, -0.15) is 0 Å². The van der Waals surface area contributed by atoms with Crippen LogP contribution in [0.5, 0.6) is 0 Å². The summed E-state index contributed by atoms with van der Waals surface area (Å²) in [4.78, 5) is 1.36. The molecule has 1 aromatic carbocycles. The minimum atomic E-state index is 0.351. The predicted octanol–water partition coefficient (Wildman–Crippen LogP) is 2.47. The van der Waals surface area contributed by atoms with Gasteiger partial charge in [-0.05, 0) is 30.9 Å². The van der Waals surface area contributed by atoms with Gasteiger partial charge in [-0.1, -0.05) is 18.2 Å². The Morgan fingerprint density at radius 2 is 2.23 bits per heavy atom. The zero-order valence-corrected chi connectivity index (χ0v) is 8.55. The van der Waals surface area contributed by atoms with E-state index in [2.05, 4.69) is 31.2 Å². The molecule has 0 amide bonds. The van der Waals surface area contributed by atoms with Gasteiger partial charge in [-0.15, -0.1) is 11.8 Å². The summed E-state index contributed by atoms with van der Waals surface area (Å²) in [5, 5.41) is 9.57. The molecule has 2 heteroatoms. The molecule has 0 radical (unpaired) electrons. The van der Waals surface area contributed by atoms with Crippen molar-refractivity contribution in [3.05, 3.63) is 29.8 Å². The molecule has 1 saturated carbocycles. The fraction of sp³-hybridized carbons (Fsp3) is 0.455. The lowest BCUT2D eigenvalue weighted by Gasteiger charge is -2.03. The molecule has 1 fully saturated rings. The van der Waals surface area contributed by atoms with Crippen LogP contribution >= 0.6 is 11.8 Å². The predicted molar refractivity (Wildman–Crippen MR) is 56.0 cm³/mol. The van der Waals surface area contributed by atoms with E-state index in [-0.39, 0.29) is 0 Å². The van der Waals surface area contributed by atoms with Crippen molar-refractivity contribution in [1.82, 2.24) is 0 Å². The first-order valence-corrected chi connectivity index (χ1v) is 5.52. The molecule has 70 valence electrons. The van der Waals surface area contributed by atoms with Crippen LogP contribution < -0.4 is 0 Å². The van der Waals surface area contributed by atoms with E-state index in [4.69, 9.17) is 5.11 Å². The van der Waals surface area contributed by atoms with E-state index in [1.54, 1.807) is 0 Å². The van der Waals surface area contributed by atoms with E-state index in [0.717, 1.165) is 0 Å². The molecular weight excluding hydrogens is 180 g/mol. The fourth-order valence-corrected chi connectivity index (χ4v) is 2.77. The van der Waals surface area contributed by atoms with E-state index in [9.17, 15) is 0 Å². The Labute approximate surface area is 83.2 Å². The Balaban J connectivity index is 1.99. The summed E-state index contributed by atoms with van der Waals surface area (Å²) >= 11 is 1.91. The van der Waals surface area contributed by atoms with Crippen molar-refractivity contribution in [3.8, 4) is 0 Å². The largest absolute Gasteiger partial charge is 0.396 e. The van der Waals surface area contributed by atoms with E-state index < -0.39 is 0 Å². The second kappa shape index (κ2) is 3.72. The van der Waals surface area contributed by atoms with E-state index in [1.807, 2.05) is 11.8 Å². The molecule has 0 bridgehead atoms. The number of hydrogen-bond donors (Lipinski definition) is 1. The van der Waals surface area contributed by atoms with Gasteiger partial charge in [0, 0.05) is 16.8 Å². The normalized spacial score (nSPS) is 26.0. The van der Waals surface area contributed by atoms with E-state index >= 15 is 0 Å². The first-order chi connectivity index (χ1) is 6.31. The Hall–Kier alpha value is -0.470. The standard InChI is InChI=1S/C11H14OS/c1-8-4-2-3-5-10(8)13-11-6-9(11)7-12/h2-5,9,11-12H,6-7H2,1H3. The SMILES string of the molecule is Cc1ccccc1SC1CC1CO. The summed E-state index contributed by atoms with van der Waals surface area (Å²) in [6.07, 6.45) is 1.18. The molecule has 2 unspecified atom stereocenters. The highest BCUT2D eigenvalue weighted by Crippen LogP contribution is 2.45. The van der Waals surface area contributed by atoms with Crippen molar-refractivity contribution in [3.63, 3.8) is 0 Å². The Bertz CT molecular complexity index is 298. The van der Waals surface area contributed by atoms with Crippen LogP contribution in [-0.2, 0) is 0 Å². The van der Waals surface area contributed by atoms with Gasteiger partial charge < -0.3 is 5.11 Å².